The molecule has 0 saturated carbocycles. The van der Waals surface area contributed by atoms with Crippen molar-refractivity contribution in [3.8, 4) is 17.2 Å². The molecule has 0 aliphatic carbocycles. The van der Waals surface area contributed by atoms with Gasteiger partial charge in [-0.3, -0.25) is 4.79 Å². The Kier molecular flexibility index (Phi) is 5.02. The minimum atomic E-state index is -0.278. The SMILES string of the molecule is CCOc1c(Cl)cc(C(=O)NCc2ccc3c(c2)OCO3)cc1Cl. The molecule has 5 nitrogen and oxygen atoms in total. The summed E-state index contributed by atoms with van der Waals surface area (Å²) in [5.74, 6) is 1.48. The molecule has 1 N–H and O–H groups in total. The van der Waals surface area contributed by atoms with E-state index in [2.05, 4.69) is 5.32 Å². The van der Waals surface area contributed by atoms with E-state index in [0.29, 0.717) is 46.0 Å². The summed E-state index contributed by atoms with van der Waals surface area (Å²) in [4.78, 5) is 12.3. The van der Waals surface area contributed by atoms with Gasteiger partial charge in [-0.25, -0.2) is 0 Å². The summed E-state index contributed by atoms with van der Waals surface area (Å²) in [7, 11) is 0. The summed E-state index contributed by atoms with van der Waals surface area (Å²) in [6.07, 6.45) is 0. The Morgan fingerprint density at radius 2 is 1.88 bits per heavy atom. The Balaban J connectivity index is 1.69. The molecule has 1 heterocycles. The topological polar surface area (TPSA) is 56.8 Å². The van der Waals surface area contributed by atoms with Gasteiger partial charge in [0.05, 0.1) is 16.7 Å². The van der Waals surface area contributed by atoms with Gasteiger partial charge in [0.1, 0.15) is 0 Å². The predicted octanol–water partition coefficient (Wildman–Crippen LogP) is 4.05. The zero-order chi connectivity index (χ0) is 17.1. The molecule has 24 heavy (non-hydrogen) atoms. The van der Waals surface area contributed by atoms with Gasteiger partial charge in [-0.1, -0.05) is 29.3 Å². The summed E-state index contributed by atoms with van der Waals surface area (Å²) in [6.45, 7) is 2.83. The van der Waals surface area contributed by atoms with Crippen LogP contribution in [0.15, 0.2) is 30.3 Å². The Morgan fingerprint density at radius 1 is 1.17 bits per heavy atom. The highest BCUT2D eigenvalue weighted by atomic mass is 35.5. The number of carbonyl (C=O) groups is 1. The van der Waals surface area contributed by atoms with Crippen molar-refractivity contribution in [2.75, 3.05) is 13.4 Å². The van der Waals surface area contributed by atoms with Crippen LogP contribution in [-0.4, -0.2) is 19.3 Å². The quantitative estimate of drug-likeness (QED) is 0.865. The van der Waals surface area contributed by atoms with Crippen LogP contribution in [0.5, 0.6) is 17.2 Å². The van der Waals surface area contributed by atoms with E-state index in [1.54, 1.807) is 0 Å². The first kappa shape index (κ1) is 16.7. The molecule has 3 rings (SSSR count). The number of carbonyl (C=O) groups excluding carboxylic acids is 1. The van der Waals surface area contributed by atoms with Gasteiger partial charge in [0, 0.05) is 12.1 Å². The summed E-state index contributed by atoms with van der Waals surface area (Å²) in [6, 6.07) is 8.59. The molecular formula is C17H15Cl2NO4. The maximum Gasteiger partial charge on any atom is 0.251 e. The Labute approximate surface area is 149 Å². The van der Waals surface area contributed by atoms with Crippen LogP contribution in [0.2, 0.25) is 10.0 Å². The number of ether oxygens (including phenoxy) is 3. The fourth-order valence-corrected chi connectivity index (χ4v) is 2.90. The molecule has 126 valence electrons. The maximum atomic E-state index is 12.3. The monoisotopic (exact) mass is 367 g/mol. The van der Waals surface area contributed by atoms with Gasteiger partial charge >= 0.3 is 0 Å². The van der Waals surface area contributed by atoms with Crippen LogP contribution in [-0.2, 0) is 6.54 Å². The summed E-state index contributed by atoms with van der Waals surface area (Å²) >= 11 is 12.2. The van der Waals surface area contributed by atoms with Gasteiger partial charge in [0.15, 0.2) is 17.2 Å². The number of rotatable bonds is 5. The van der Waals surface area contributed by atoms with E-state index in [4.69, 9.17) is 37.4 Å². The third kappa shape index (κ3) is 3.52. The minimum absolute atomic E-state index is 0.217. The van der Waals surface area contributed by atoms with Crippen molar-refractivity contribution in [2.45, 2.75) is 13.5 Å². The molecule has 0 aromatic heterocycles. The molecule has 1 amide bonds. The third-order valence-corrected chi connectivity index (χ3v) is 4.00. The summed E-state index contributed by atoms with van der Waals surface area (Å²) < 4.78 is 15.9. The average Bonchev–Trinajstić information content (AvgIpc) is 3.03. The van der Waals surface area contributed by atoms with E-state index in [-0.39, 0.29) is 12.7 Å². The molecule has 7 heteroatoms. The van der Waals surface area contributed by atoms with Crippen molar-refractivity contribution in [2.24, 2.45) is 0 Å². The van der Waals surface area contributed by atoms with Crippen molar-refractivity contribution in [1.29, 1.82) is 0 Å². The number of hydrogen-bond acceptors (Lipinski definition) is 4. The Bertz CT molecular complexity index is 756. The van der Waals surface area contributed by atoms with Crippen molar-refractivity contribution >= 4 is 29.1 Å². The molecule has 2 aromatic carbocycles. The van der Waals surface area contributed by atoms with Crippen LogP contribution in [0, 0.1) is 0 Å². The maximum absolute atomic E-state index is 12.3. The molecule has 0 saturated heterocycles. The summed E-state index contributed by atoms with van der Waals surface area (Å²) in [5, 5.41) is 3.43. The van der Waals surface area contributed by atoms with Gasteiger partial charge in [0.25, 0.3) is 5.91 Å². The Hall–Kier alpha value is -2.11. The largest absolute Gasteiger partial charge is 0.491 e. The predicted molar refractivity (Wildman–Crippen MR) is 91.4 cm³/mol. The van der Waals surface area contributed by atoms with E-state index in [9.17, 15) is 4.79 Å². The second-order valence-corrected chi connectivity index (χ2v) is 5.89. The second-order valence-electron chi connectivity index (χ2n) is 5.07. The average molecular weight is 368 g/mol. The molecule has 1 aliphatic rings. The van der Waals surface area contributed by atoms with Gasteiger partial charge < -0.3 is 19.5 Å². The Morgan fingerprint density at radius 3 is 2.58 bits per heavy atom. The van der Waals surface area contributed by atoms with E-state index in [1.165, 1.54) is 12.1 Å². The minimum Gasteiger partial charge on any atom is -0.491 e. The van der Waals surface area contributed by atoms with Crippen LogP contribution in [0.25, 0.3) is 0 Å². The molecular weight excluding hydrogens is 353 g/mol. The molecule has 0 unspecified atom stereocenters. The molecule has 0 radical (unpaired) electrons. The van der Waals surface area contributed by atoms with Crippen molar-refractivity contribution in [1.82, 2.24) is 5.32 Å². The highest BCUT2D eigenvalue weighted by molar-refractivity contribution is 6.37. The molecule has 0 bridgehead atoms. The molecule has 1 aliphatic heterocycles. The molecule has 2 aromatic rings. The van der Waals surface area contributed by atoms with E-state index < -0.39 is 0 Å². The van der Waals surface area contributed by atoms with E-state index >= 15 is 0 Å². The number of fused-ring (bicyclic) bond motifs is 1. The molecule has 0 spiro atoms. The van der Waals surface area contributed by atoms with Crippen molar-refractivity contribution in [3.05, 3.63) is 51.5 Å². The van der Waals surface area contributed by atoms with Crippen LogP contribution >= 0.6 is 23.2 Å². The second kappa shape index (κ2) is 7.20. The molecule has 0 atom stereocenters. The first-order chi connectivity index (χ1) is 11.6. The van der Waals surface area contributed by atoms with Crippen LogP contribution < -0.4 is 19.5 Å². The fourth-order valence-electron chi connectivity index (χ4n) is 2.31. The smallest absolute Gasteiger partial charge is 0.251 e. The number of nitrogens with one attached hydrogen (secondary N) is 1. The standard InChI is InChI=1S/C17H15Cl2NO4/c1-2-22-16-12(18)6-11(7-13(16)19)17(21)20-8-10-3-4-14-15(5-10)24-9-23-14/h3-7H,2,8-9H2,1H3,(H,20,21). The first-order valence-corrected chi connectivity index (χ1v) is 8.12. The molecule has 0 fully saturated rings. The van der Waals surface area contributed by atoms with Crippen LogP contribution in [0.1, 0.15) is 22.8 Å². The third-order valence-electron chi connectivity index (χ3n) is 3.44. The number of halogens is 2. The summed E-state index contributed by atoms with van der Waals surface area (Å²) in [5.41, 5.74) is 1.27. The van der Waals surface area contributed by atoms with Crippen LogP contribution in [0.3, 0.4) is 0 Å². The van der Waals surface area contributed by atoms with Gasteiger partial charge in [-0.05, 0) is 36.8 Å². The van der Waals surface area contributed by atoms with E-state index in [0.717, 1.165) is 5.56 Å². The zero-order valence-electron chi connectivity index (χ0n) is 12.9. The van der Waals surface area contributed by atoms with Gasteiger partial charge in [0.2, 0.25) is 6.79 Å². The van der Waals surface area contributed by atoms with Gasteiger partial charge in [-0.15, -0.1) is 0 Å². The lowest BCUT2D eigenvalue weighted by Crippen LogP contribution is -2.22. The normalized spacial score (nSPS) is 12.1. The lowest BCUT2D eigenvalue weighted by Gasteiger charge is -2.11. The van der Waals surface area contributed by atoms with Gasteiger partial charge in [-0.2, -0.15) is 0 Å². The van der Waals surface area contributed by atoms with Crippen LogP contribution in [0.4, 0.5) is 0 Å². The zero-order valence-corrected chi connectivity index (χ0v) is 14.4. The lowest BCUT2D eigenvalue weighted by atomic mass is 10.1. The number of hydrogen-bond donors (Lipinski definition) is 1. The van der Waals surface area contributed by atoms with Crippen molar-refractivity contribution < 1.29 is 19.0 Å². The van der Waals surface area contributed by atoms with E-state index in [1.807, 2.05) is 25.1 Å². The number of benzene rings is 2. The number of amides is 1. The fraction of sp³-hybridized carbons (Fsp3) is 0.235. The lowest BCUT2D eigenvalue weighted by molar-refractivity contribution is 0.0951. The first-order valence-electron chi connectivity index (χ1n) is 7.37. The van der Waals surface area contributed by atoms with Crippen molar-refractivity contribution in [3.63, 3.8) is 0 Å². The highest BCUT2D eigenvalue weighted by Crippen LogP contribution is 2.34. The highest BCUT2D eigenvalue weighted by Gasteiger charge is 2.15.